The van der Waals surface area contributed by atoms with Gasteiger partial charge in [-0.25, -0.2) is 9.37 Å². The van der Waals surface area contributed by atoms with Crippen molar-refractivity contribution in [2.45, 2.75) is 75.3 Å². The molecule has 3 fully saturated rings. The number of benzene rings is 1. The summed E-state index contributed by atoms with van der Waals surface area (Å²) in [6.45, 7) is 2.00. The van der Waals surface area contributed by atoms with Gasteiger partial charge in [-0.2, -0.15) is 5.26 Å². The zero-order valence-corrected chi connectivity index (χ0v) is 20.0. The van der Waals surface area contributed by atoms with Crippen molar-refractivity contribution >= 4 is 17.3 Å². The van der Waals surface area contributed by atoms with Crippen molar-refractivity contribution in [3.8, 4) is 33.6 Å². The van der Waals surface area contributed by atoms with Gasteiger partial charge in [-0.05, 0) is 57.6 Å². The summed E-state index contributed by atoms with van der Waals surface area (Å²) in [6, 6.07) is 7.30. The fourth-order valence-electron chi connectivity index (χ4n) is 5.52. The van der Waals surface area contributed by atoms with E-state index < -0.39 is 11.7 Å². The fourth-order valence-corrected chi connectivity index (χ4v) is 6.16. The molecule has 4 atom stereocenters. The molecule has 6 rings (SSSR count). The third kappa shape index (κ3) is 4.00. The first-order valence-electron chi connectivity index (χ1n) is 11.9. The van der Waals surface area contributed by atoms with Crippen LogP contribution in [0, 0.1) is 11.3 Å². The number of anilines is 1. The first kappa shape index (κ1) is 22.2. The lowest BCUT2D eigenvalue weighted by Crippen LogP contribution is -2.69. The van der Waals surface area contributed by atoms with Crippen molar-refractivity contribution in [2.75, 3.05) is 4.90 Å². The first-order chi connectivity index (χ1) is 16.9. The summed E-state index contributed by atoms with van der Waals surface area (Å²) in [4.78, 5) is 6.64. The highest BCUT2D eigenvalue weighted by Crippen LogP contribution is 2.42. The van der Waals surface area contributed by atoms with Crippen molar-refractivity contribution in [3.05, 3.63) is 29.4 Å². The quantitative estimate of drug-likeness (QED) is 0.549. The van der Waals surface area contributed by atoms with Crippen molar-refractivity contribution in [1.29, 1.82) is 5.26 Å². The van der Waals surface area contributed by atoms with E-state index in [1.165, 1.54) is 0 Å². The number of aromatic hydroxyl groups is 1. The predicted molar refractivity (Wildman–Crippen MR) is 129 cm³/mol. The monoisotopic (exact) mass is 492 g/mol. The Balaban J connectivity index is 1.26. The Kier molecular flexibility index (Phi) is 5.38. The molecule has 0 radical (unpaired) electrons. The number of nitrogens with one attached hydrogen (secondary N) is 1. The van der Waals surface area contributed by atoms with Gasteiger partial charge in [0.05, 0.1) is 12.2 Å². The molecule has 3 aromatic rings. The first-order valence-corrected chi connectivity index (χ1v) is 12.7. The summed E-state index contributed by atoms with van der Waals surface area (Å²) in [6.07, 6.45) is 6.28. The highest BCUT2D eigenvalue weighted by molar-refractivity contribution is 7.15. The van der Waals surface area contributed by atoms with Crippen molar-refractivity contribution in [1.82, 2.24) is 30.7 Å². The van der Waals surface area contributed by atoms with Crippen LogP contribution in [-0.2, 0) is 0 Å². The number of phenolic OH excluding ortho intramolecular Hbond substituents is 1. The van der Waals surface area contributed by atoms with E-state index in [1.54, 1.807) is 24.4 Å². The molecule has 1 aliphatic carbocycles. The molecule has 2 saturated heterocycles. The van der Waals surface area contributed by atoms with Crippen molar-refractivity contribution in [2.24, 2.45) is 0 Å². The van der Waals surface area contributed by atoms with Gasteiger partial charge in [-0.15, -0.1) is 20.4 Å². The second-order valence-electron chi connectivity index (χ2n) is 9.89. The lowest BCUT2D eigenvalue weighted by molar-refractivity contribution is 0.0383. The summed E-state index contributed by atoms with van der Waals surface area (Å²) >= 11 is 1.15. The van der Waals surface area contributed by atoms with Gasteiger partial charge in [0, 0.05) is 28.7 Å². The number of piperidine rings is 2. The van der Waals surface area contributed by atoms with E-state index in [0.29, 0.717) is 33.8 Å². The molecule has 2 N–H and O–H groups in total. The number of nitriles is 1. The molecule has 35 heavy (non-hydrogen) atoms. The van der Waals surface area contributed by atoms with E-state index in [9.17, 15) is 5.11 Å². The number of halogens is 1. The van der Waals surface area contributed by atoms with Gasteiger partial charge in [-0.1, -0.05) is 17.4 Å². The maximum absolute atomic E-state index is 15.8. The molecular weight excluding hydrogens is 467 g/mol. The SMILES string of the molecule is C[C@@]12CCC[C@@H](C[C@H](N(c3ncc(-c4ccc(-c5nnc(C#N)s5)cc4O)nn3)C3CC3)[C@@H]1F)N2. The standard InChI is InChI=1S/C24H25FN8OS/c1-24-8-2-3-14(28-24)10-18(21(24)25)33(15-5-6-15)23-27-12-17(29-32-23)16-7-4-13(9-19(16)34)22-31-30-20(11-26)35-22/h4,7,9,12,14-15,18,21,28,34H,2-3,5-6,8,10H2,1H3/t14-,18-,21-,24+/m0/s1. The second kappa shape index (κ2) is 8.46. The lowest BCUT2D eigenvalue weighted by Gasteiger charge is -2.52. The molecule has 11 heteroatoms. The van der Waals surface area contributed by atoms with E-state index >= 15 is 4.39 Å². The largest absolute Gasteiger partial charge is 0.507 e. The van der Waals surface area contributed by atoms with E-state index in [4.69, 9.17) is 5.26 Å². The maximum atomic E-state index is 15.8. The highest BCUT2D eigenvalue weighted by atomic mass is 32.1. The molecule has 180 valence electrons. The summed E-state index contributed by atoms with van der Waals surface area (Å²) < 4.78 is 15.8. The molecule has 3 aliphatic rings. The number of hydrogen-bond acceptors (Lipinski definition) is 10. The molecule has 4 heterocycles. The third-order valence-electron chi connectivity index (χ3n) is 7.37. The molecule has 2 aliphatic heterocycles. The summed E-state index contributed by atoms with van der Waals surface area (Å²) in [5.41, 5.74) is 1.05. The van der Waals surface area contributed by atoms with Crippen LogP contribution in [0.3, 0.4) is 0 Å². The average molecular weight is 493 g/mol. The van der Waals surface area contributed by atoms with Gasteiger partial charge in [-0.3, -0.25) is 0 Å². The van der Waals surface area contributed by atoms with Crippen LogP contribution in [0.15, 0.2) is 24.4 Å². The molecule has 9 nitrogen and oxygen atoms in total. The maximum Gasteiger partial charge on any atom is 0.245 e. The van der Waals surface area contributed by atoms with Crippen molar-refractivity contribution in [3.63, 3.8) is 0 Å². The summed E-state index contributed by atoms with van der Waals surface area (Å²) in [7, 11) is 0. The third-order valence-corrected chi connectivity index (χ3v) is 8.25. The van der Waals surface area contributed by atoms with Gasteiger partial charge < -0.3 is 15.3 Å². The van der Waals surface area contributed by atoms with Gasteiger partial charge >= 0.3 is 0 Å². The summed E-state index contributed by atoms with van der Waals surface area (Å²) in [5.74, 6) is 0.448. The molecule has 2 bridgehead atoms. The molecular formula is C24H25FN8OS. The van der Waals surface area contributed by atoms with Crippen LogP contribution in [0.2, 0.25) is 0 Å². The van der Waals surface area contributed by atoms with E-state index in [-0.39, 0.29) is 22.8 Å². The topological polar surface area (TPSA) is 124 Å². The Morgan fingerprint density at radius 2 is 2.09 bits per heavy atom. The molecule has 0 unspecified atom stereocenters. The average Bonchev–Trinajstić information content (AvgIpc) is 3.57. The zero-order valence-electron chi connectivity index (χ0n) is 19.2. The number of hydrogen-bond donors (Lipinski definition) is 2. The molecule has 0 amide bonds. The number of phenols is 1. The van der Waals surface area contributed by atoms with E-state index in [0.717, 1.165) is 49.9 Å². The number of nitrogens with zero attached hydrogens (tertiary/aromatic N) is 7. The van der Waals surface area contributed by atoms with Crippen LogP contribution >= 0.6 is 11.3 Å². The number of alkyl halides is 1. The Labute approximate surface area is 206 Å². The minimum absolute atomic E-state index is 0.00188. The predicted octanol–water partition coefficient (Wildman–Crippen LogP) is 3.61. The van der Waals surface area contributed by atoms with Crippen LogP contribution in [-0.4, -0.2) is 60.3 Å². The smallest absolute Gasteiger partial charge is 0.245 e. The number of fused-ring (bicyclic) bond motifs is 2. The Bertz CT molecular complexity index is 1290. The number of rotatable bonds is 5. The summed E-state index contributed by atoms with van der Waals surface area (Å²) in [5, 5.41) is 40.4. The zero-order chi connectivity index (χ0) is 24.2. The number of aromatic nitrogens is 5. The lowest BCUT2D eigenvalue weighted by atomic mass is 9.73. The van der Waals surface area contributed by atoms with Gasteiger partial charge in [0.1, 0.15) is 28.7 Å². The molecule has 0 spiro atoms. The minimum atomic E-state index is -1.01. The van der Waals surface area contributed by atoms with Crippen molar-refractivity contribution < 1.29 is 9.50 Å². The van der Waals surface area contributed by atoms with E-state index in [2.05, 4.69) is 35.6 Å². The molecule has 2 aromatic heterocycles. The van der Waals surface area contributed by atoms with Gasteiger partial charge in [0.2, 0.25) is 11.0 Å². The minimum Gasteiger partial charge on any atom is -0.507 e. The van der Waals surface area contributed by atoms with E-state index in [1.807, 2.05) is 13.0 Å². The normalized spacial score (nSPS) is 27.9. The Morgan fingerprint density at radius 1 is 1.23 bits per heavy atom. The Morgan fingerprint density at radius 3 is 2.77 bits per heavy atom. The van der Waals surface area contributed by atoms with Crippen LogP contribution in [0.4, 0.5) is 10.3 Å². The molecule has 1 saturated carbocycles. The fraction of sp³-hybridized carbons (Fsp3) is 0.500. The van der Waals surface area contributed by atoms with Crippen LogP contribution in [0.5, 0.6) is 5.75 Å². The molecule has 1 aromatic carbocycles. The van der Waals surface area contributed by atoms with Crippen LogP contribution in [0.1, 0.15) is 50.5 Å². The van der Waals surface area contributed by atoms with Crippen LogP contribution < -0.4 is 10.2 Å². The second-order valence-corrected chi connectivity index (χ2v) is 10.9. The Hall–Kier alpha value is -3.23. The van der Waals surface area contributed by atoms with Crippen LogP contribution in [0.25, 0.3) is 21.8 Å². The van der Waals surface area contributed by atoms with Gasteiger partial charge in [0.25, 0.3) is 0 Å². The highest BCUT2D eigenvalue weighted by Gasteiger charge is 2.52. The van der Waals surface area contributed by atoms with Gasteiger partial charge in [0.15, 0.2) is 0 Å².